The first-order valence-corrected chi connectivity index (χ1v) is 10.8. The number of ether oxygens (including phenoxy) is 1. The van der Waals surface area contributed by atoms with Gasteiger partial charge in [-0.05, 0) is 36.8 Å². The third-order valence-corrected chi connectivity index (χ3v) is 7.08. The molecule has 7 nitrogen and oxygen atoms in total. The van der Waals surface area contributed by atoms with Crippen molar-refractivity contribution >= 4 is 39.1 Å². The summed E-state index contributed by atoms with van der Waals surface area (Å²) in [6.45, 7) is 2.87. The van der Waals surface area contributed by atoms with Gasteiger partial charge in [0.15, 0.2) is 0 Å². The number of amides is 1. The molecule has 1 aromatic carbocycles. The minimum Gasteiger partial charge on any atom is -0.379 e. The van der Waals surface area contributed by atoms with Crippen LogP contribution in [0.25, 0.3) is 0 Å². The number of nitrogens with zero attached hydrogens (tertiary/aromatic N) is 2. The van der Waals surface area contributed by atoms with Crippen LogP contribution in [0.1, 0.15) is 28.9 Å². The summed E-state index contributed by atoms with van der Waals surface area (Å²) in [4.78, 5) is 16.5. The van der Waals surface area contributed by atoms with Gasteiger partial charge in [-0.25, -0.2) is 8.42 Å². The number of hydrogen-bond donors (Lipinski definition) is 1. The minimum atomic E-state index is -3.87. The van der Waals surface area contributed by atoms with Gasteiger partial charge in [0, 0.05) is 25.5 Å². The fraction of sp³-hybridized carbons (Fsp3) is 0.333. The molecule has 150 valence electrons. The summed E-state index contributed by atoms with van der Waals surface area (Å²) >= 11 is 12.3. The maximum atomic E-state index is 12.9. The van der Waals surface area contributed by atoms with Crippen LogP contribution in [0, 0.1) is 0 Å². The van der Waals surface area contributed by atoms with Gasteiger partial charge >= 0.3 is 0 Å². The molecule has 0 aliphatic carbocycles. The lowest BCUT2D eigenvalue weighted by molar-refractivity contribution is 0.0730. The predicted octanol–water partition coefficient (Wildman–Crippen LogP) is 2.90. The molecule has 0 spiro atoms. The van der Waals surface area contributed by atoms with E-state index in [-0.39, 0.29) is 39.6 Å². The molecule has 28 heavy (non-hydrogen) atoms. The maximum absolute atomic E-state index is 12.9. The summed E-state index contributed by atoms with van der Waals surface area (Å²) in [5.74, 6) is -0.496. The summed E-state index contributed by atoms with van der Waals surface area (Å²) < 4.78 is 32.4. The molecular formula is C18H19Cl2N3O4S. The Bertz CT molecular complexity index is 964. The van der Waals surface area contributed by atoms with E-state index >= 15 is 0 Å². The van der Waals surface area contributed by atoms with Gasteiger partial charge in [0.25, 0.3) is 5.91 Å². The fourth-order valence-electron chi connectivity index (χ4n) is 2.84. The number of nitrogens with one attached hydrogen (secondary N) is 1. The Balaban J connectivity index is 1.89. The molecule has 1 N–H and O–H groups in total. The Labute approximate surface area is 173 Å². The normalized spacial score (nSPS) is 16.5. The third kappa shape index (κ3) is 4.47. The highest BCUT2D eigenvalue weighted by atomic mass is 35.5. The minimum absolute atomic E-state index is 0.0322. The van der Waals surface area contributed by atoms with E-state index in [1.165, 1.54) is 16.4 Å². The SMILES string of the molecule is CC(NC(=O)c1cc(S(=O)(=O)N2CCOCC2)c(Cl)cc1Cl)c1ccncc1. The number of morpholine rings is 1. The summed E-state index contributed by atoms with van der Waals surface area (Å²) in [5.41, 5.74) is 0.897. The summed E-state index contributed by atoms with van der Waals surface area (Å²) in [6, 6.07) is 5.75. The lowest BCUT2D eigenvalue weighted by Crippen LogP contribution is -2.40. The standard InChI is InChI=1S/C18H19Cl2N3O4S/c1-12(13-2-4-21-5-3-13)22-18(24)14-10-17(16(20)11-15(14)19)28(25,26)23-6-8-27-9-7-23/h2-5,10-12H,6-9H2,1H3,(H,22,24). The van der Waals surface area contributed by atoms with Gasteiger partial charge in [-0.2, -0.15) is 4.31 Å². The van der Waals surface area contributed by atoms with Gasteiger partial charge in [-0.1, -0.05) is 23.2 Å². The Hall–Kier alpha value is -1.71. The number of carbonyl (C=O) groups is 1. The number of rotatable bonds is 5. The van der Waals surface area contributed by atoms with E-state index in [9.17, 15) is 13.2 Å². The van der Waals surface area contributed by atoms with E-state index in [1.807, 2.05) is 6.92 Å². The first-order chi connectivity index (χ1) is 13.3. The molecule has 1 amide bonds. The predicted molar refractivity (Wildman–Crippen MR) is 106 cm³/mol. The molecule has 1 atom stereocenters. The summed E-state index contributed by atoms with van der Waals surface area (Å²) in [7, 11) is -3.87. The molecule has 1 saturated heterocycles. The van der Waals surface area contributed by atoms with Crippen molar-refractivity contribution in [1.29, 1.82) is 0 Å². The maximum Gasteiger partial charge on any atom is 0.253 e. The topological polar surface area (TPSA) is 88.6 Å². The molecule has 1 aliphatic rings. The Morgan fingerprint density at radius 2 is 1.82 bits per heavy atom. The molecule has 0 radical (unpaired) electrons. The molecular weight excluding hydrogens is 425 g/mol. The van der Waals surface area contributed by atoms with Crippen LogP contribution in [-0.2, 0) is 14.8 Å². The number of carbonyl (C=O) groups excluding carboxylic acids is 1. The third-order valence-electron chi connectivity index (χ3n) is 4.41. The zero-order valence-corrected chi connectivity index (χ0v) is 17.4. The molecule has 3 rings (SSSR count). The first-order valence-electron chi connectivity index (χ1n) is 8.58. The van der Waals surface area contributed by atoms with Crippen molar-refractivity contribution in [2.45, 2.75) is 17.9 Å². The number of pyridine rings is 1. The molecule has 1 fully saturated rings. The number of benzene rings is 1. The molecule has 0 saturated carbocycles. The van der Waals surface area contributed by atoms with E-state index in [1.54, 1.807) is 24.5 Å². The van der Waals surface area contributed by atoms with Gasteiger partial charge in [-0.3, -0.25) is 9.78 Å². The summed E-state index contributed by atoms with van der Waals surface area (Å²) in [6.07, 6.45) is 3.25. The van der Waals surface area contributed by atoms with Crippen LogP contribution in [0.2, 0.25) is 10.0 Å². The number of hydrogen-bond acceptors (Lipinski definition) is 5. The van der Waals surface area contributed by atoms with Crippen LogP contribution in [0.3, 0.4) is 0 Å². The van der Waals surface area contributed by atoms with Gasteiger partial charge in [0.05, 0.1) is 34.9 Å². The van der Waals surface area contributed by atoms with Crippen molar-refractivity contribution in [2.24, 2.45) is 0 Å². The second kappa shape index (κ2) is 8.75. The Morgan fingerprint density at radius 1 is 1.18 bits per heavy atom. The second-order valence-corrected chi connectivity index (χ2v) is 8.98. The number of sulfonamides is 1. The largest absolute Gasteiger partial charge is 0.379 e. The highest BCUT2D eigenvalue weighted by molar-refractivity contribution is 7.89. The van der Waals surface area contributed by atoms with Crippen molar-refractivity contribution in [1.82, 2.24) is 14.6 Å². The van der Waals surface area contributed by atoms with E-state index < -0.39 is 15.9 Å². The average molecular weight is 444 g/mol. The van der Waals surface area contributed by atoms with E-state index in [2.05, 4.69) is 10.3 Å². The molecule has 2 heterocycles. The zero-order valence-electron chi connectivity index (χ0n) is 15.1. The van der Waals surface area contributed by atoms with Gasteiger partial charge < -0.3 is 10.1 Å². The quantitative estimate of drug-likeness (QED) is 0.766. The Morgan fingerprint density at radius 3 is 2.46 bits per heavy atom. The van der Waals surface area contributed by atoms with Crippen LogP contribution >= 0.6 is 23.2 Å². The van der Waals surface area contributed by atoms with Crippen molar-refractivity contribution in [3.05, 3.63) is 57.8 Å². The van der Waals surface area contributed by atoms with Gasteiger partial charge in [0.2, 0.25) is 10.0 Å². The van der Waals surface area contributed by atoms with Crippen LogP contribution in [0.5, 0.6) is 0 Å². The Kier molecular flexibility index (Phi) is 6.57. The molecule has 1 aromatic heterocycles. The average Bonchev–Trinajstić information content (AvgIpc) is 2.69. The van der Waals surface area contributed by atoms with Gasteiger partial charge in [0.1, 0.15) is 4.90 Å². The smallest absolute Gasteiger partial charge is 0.253 e. The van der Waals surface area contributed by atoms with Crippen molar-refractivity contribution < 1.29 is 17.9 Å². The lowest BCUT2D eigenvalue weighted by atomic mass is 10.1. The molecule has 1 unspecified atom stereocenters. The highest BCUT2D eigenvalue weighted by Gasteiger charge is 2.30. The van der Waals surface area contributed by atoms with Crippen LogP contribution in [0.4, 0.5) is 0 Å². The number of aromatic nitrogens is 1. The molecule has 2 aromatic rings. The van der Waals surface area contributed by atoms with Crippen LogP contribution in [-0.4, -0.2) is 49.9 Å². The first kappa shape index (κ1) is 21.0. The highest BCUT2D eigenvalue weighted by Crippen LogP contribution is 2.31. The van der Waals surface area contributed by atoms with Crippen molar-refractivity contribution in [2.75, 3.05) is 26.3 Å². The van der Waals surface area contributed by atoms with E-state index in [0.29, 0.717) is 13.2 Å². The zero-order chi connectivity index (χ0) is 20.3. The molecule has 0 bridgehead atoms. The number of halogens is 2. The monoisotopic (exact) mass is 443 g/mol. The lowest BCUT2D eigenvalue weighted by Gasteiger charge is -2.26. The van der Waals surface area contributed by atoms with E-state index in [4.69, 9.17) is 27.9 Å². The van der Waals surface area contributed by atoms with Crippen LogP contribution in [0.15, 0.2) is 41.6 Å². The van der Waals surface area contributed by atoms with Crippen LogP contribution < -0.4 is 5.32 Å². The fourth-order valence-corrected chi connectivity index (χ4v) is 5.08. The molecule has 10 heteroatoms. The molecule has 1 aliphatic heterocycles. The van der Waals surface area contributed by atoms with Crippen molar-refractivity contribution in [3.8, 4) is 0 Å². The summed E-state index contributed by atoms with van der Waals surface area (Å²) in [5, 5.41) is 2.85. The van der Waals surface area contributed by atoms with E-state index in [0.717, 1.165) is 5.56 Å². The second-order valence-electron chi connectivity index (χ2n) is 6.25. The van der Waals surface area contributed by atoms with Crippen molar-refractivity contribution in [3.63, 3.8) is 0 Å². The van der Waals surface area contributed by atoms with Gasteiger partial charge in [-0.15, -0.1) is 0 Å².